The molecule has 0 unspecified atom stereocenters. The minimum Gasteiger partial charge on any atom is -0.335 e. The fourth-order valence-corrected chi connectivity index (χ4v) is 2.83. The Morgan fingerprint density at radius 2 is 1.46 bits per heavy atom. The van der Waals surface area contributed by atoms with Crippen molar-refractivity contribution in [3.63, 3.8) is 0 Å². The number of para-hydroxylation sites is 1. The monoisotopic (exact) mass is 320 g/mol. The van der Waals surface area contributed by atoms with Crippen LogP contribution in [0.25, 0.3) is 10.9 Å². The molecule has 0 saturated heterocycles. The Hall–Kier alpha value is -3.48. The zero-order valence-electron chi connectivity index (χ0n) is 12.5. The standard InChI is InChI=1S/C17H12N4O3/c18-21-14(19-13-8-4-3-7-12(13)17(21)24)9-20-15(22)10-5-1-2-6-11(10)16(20)23/h1-8H,9,18H2. The van der Waals surface area contributed by atoms with Crippen LogP contribution in [0.15, 0.2) is 53.3 Å². The predicted octanol–water partition coefficient (Wildman–Crippen LogP) is 0.906. The number of carbonyl (C=O) groups excluding carboxylic acids is 2. The SMILES string of the molecule is Nn1c(CN2C(=O)c3ccccc3C2=O)nc2ccccc2c1=O. The van der Waals surface area contributed by atoms with Crippen LogP contribution in [0.2, 0.25) is 0 Å². The summed E-state index contributed by atoms with van der Waals surface area (Å²) < 4.78 is 0.881. The lowest BCUT2D eigenvalue weighted by Gasteiger charge is -2.15. The summed E-state index contributed by atoms with van der Waals surface area (Å²) in [5, 5.41) is 0.381. The summed E-state index contributed by atoms with van der Waals surface area (Å²) in [6, 6.07) is 13.4. The highest BCUT2D eigenvalue weighted by Crippen LogP contribution is 2.23. The molecule has 1 aliphatic rings. The van der Waals surface area contributed by atoms with Gasteiger partial charge in [0.2, 0.25) is 0 Å². The molecule has 0 bridgehead atoms. The topological polar surface area (TPSA) is 98.3 Å². The fraction of sp³-hybridized carbons (Fsp3) is 0.0588. The summed E-state index contributed by atoms with van der Waals surface area (Å²) in [5.41, 5.74) is 0.728. The van der Waals surface area contributed by atoms with Crippen LogP contribution in [-0.2, 0) is 6.54 Å². The van der Waals surface area contributed by atoms with Crippen molar-refractivity contribution in [1.29, 1.82) is 0 Å². The Labute approximate surface area is 135 Å². The highest BCUT2D eigenvalue weighted by molar-refractivity contribution is 6.21. The molecule has 2 amide bonds. The number of hydrogen-bond acceptors (Lipinski definition) is 5. The molecule has 2 aromatic carbocycles. The fourth-order valence-electron chi connectivity index (χ4n) is 2.83. The minimum absolute atomic E-state index is 0.146. The van der Waals surface area contributed by atoms with Crippen molar-refractivity contribution in [2.45, 2.75) is 6.54 Å². The number of nitrogens with two attached hydrogens (primary N) is 1. The van der Waals surface area contributed by atoms with Gasteiger partial charge in [0.25, 0.3) is 17.4 Å². The number of amides is 2. The van der Waals surface area contributed by atoms with Crippen molar-refractivity contribution in [2.75, 3.05) is 5.84 Å². The maximum atomic E-state index is 12.4. The van der Waals surface area contributed by atoms with Gasteiger partial charge in [0.15, 0.2) is 5.82 Å². The van der Waals surface area contributed by atoms with E-state index in [-0.39, 0.29) is 12.4 Å². The zero-order valence-corrected chi connectivity index (χ0v) is 12.5. The molecule has 118 valence electrons. The minimum atomic E-state index is -0.424. The second-order valence-corrected chi connectivity index (χ2v) is 5.46. The van der Waals surface area contributed by atoms with E-state index in [1.54, 1.807) is 48.5 Å². The van der Waals surface area contributed by atoms with E-state index in [4.69, 9.17) is 5.84 Å². The summed E-state index contributed by atoms with van der Waals surface area (Å²) in [6.45, 7) is -0.164. The van der Waals surface area contributed by atoms with E-state index in [1.165, 1.54) is 0 Å². The summed E-state index contributed by atoms with van der Waals surface area (Å²) in [5.74, 6) is 5.12. The average molecular weight is 320 g/mol. The number of imide groups is 1. The Morgan fingerprint density at radius 1 is 0.875 bits per heavy atom. The van der Waals surface area contributed by atoms with Gasteiger partial charge in [0.05, 0.1) is 28.6 Å². The number of hydrogen-bond donors (Lipinski definition) is 1. The van der Waals surface area contributed by atoms with Crippen molar-refractivity contribution in [2.24, 2.45) is 0 Å². The van der Waals surface area contributed by atoms with Gasteiger partial charge >= 0.3 is 0 Å². The van der Waals surface area contributed by atoms with Gasteiger partial charge in [-0.3, -0.25) is 19.3 Å². The number of nitrogen functional groups attached to an aromatic ring is 1. The van der Waals surface area contributed by atoms with Gasteiger partial charge in [0.1, 0.15) is 0 Å². The average Bonchev–Trinajstić information content (AvgIpc) is 2.85. The van der Waals surface area contributed by atoms with Crippen LogP contribution in [0.1, 0.15) is 26.5 Å². The second-order valence-electron chi connectivity index (χ2n) is 5.46. The quantitative estimate of drug-likeness (QED) is 0.559. The summed E-state index contributed by atoms with van der Waals surface area (Å²) in [6.07, 6.45) is 0. The van der Waals surface area contributed by atoms with Crippen LogP contribution in [0.4, 0.5) is 0 Å². The van der Waals surface area contributed by atoms with Gasteiger partial charge in [-0.2, -0.15) is 0 Å². The van der Waals surface area contributed by atoms with Crippen molar-refractivity contribution in [3.8, 4) is 0 Å². The lowest BCUT2D eigenvalue weighted by atomic mass is 10.1. The van der Waals surface area contributed by atoms with Gasteiger partial charge in [-0.15, -0.1) is 0 Å². The molecule has 7 heteroatoms. The maximum absolute atomic E-state index is 12.4. The molecule has 1 aromatic heterocycles. The molecule has 1 aliphatic heterocycles. The highest BCUT2D eigenvalue weighted by Gasteiger charge is 2.35. The van der Waals surface area contributed by atoms with Gasteiger partial charge in [-0.1, -0.05) is 24.3 Å². The first kappa shape index (κ1) is 14.1. The van der Waals surface area contributed by atoms with Gasteiger partial charge in [-0.25, -0.2) is 9.66 Å². The Kier molecular flexibility index (Phi) is 2.96. The first-order valence-corrected chi connectivity index (χ1v) is 7.29. The molecule has 0 spiro atoms. The van der Waals surface area contributed by atoms with Crippen LogP contribution in [0.5, 0.6) is 0 Å². The van der Waals surface area contributed by atoms with Crippen molar-refractivity contribution >= 4 is 22.7 Å². The summed E-state index contributed by atoms with van der Waals surface area (Å²) in [4.78, 5) is 42.5. The number of rotatable bonds is 2. The number of fused-ring (bicyclic) bond motifs is 2. The second kappa shape index (κ2) is 5.02. The van der Waals surface area contributed by atoms with E-state index in [1.807, 2.05) is 0 Å². The number of nitrogens with zero attached hydrogens (tertiary/aromatic N) is 3. The summed E-state index contributed by atoms with van der Waals surface area (Å²) in [7, 11) is 0. The summed E-state index contributed by atoms with van der Waals surface area (Å²) >= 11 is 0. The molecule has 2 heterocycles. The molecule has 0 aliphatic carbocycles. The largest absolute Gasteiger partial charge is 0.335 e. The van der Waals surface area contributed by atoms with Crippen molar-refractivity contribution in [1.82, 2.24) is 14.6 Å². The molecular formula is C17H12N4O3. The van der Waals surface area contributed by atoms with E-state index >= 15 is 0 Å². The maximum Gasteiger partial charge on any atom is 0.279 e. The lowest BCUT2D eigenvalue weighted by Crippen LogP contribution is -2.37. The highest BCUT2D eigenvalue weighted by atomic mass is 16.2. The lowest BCUT2D eigenvalue weighted by molar-refractivity contribution is 0.0637. The normalized spacial score (nSPS) is 13.6. The molecule has 24 heavy (non-hydrogen) atoms. The van der Waals surface area contributed by atoms with E-state index in [2.05, 4.69) is 4.98 Å². The number of carbonyl (C=O) groups is 2. The van der Waals surface area contributed by atoms with Crippen molar-refractivity contribution in [3.05, 3.63) is 75.8 Å². The zero-order chi connectivity index (χ0) is 16.8. The number of benzene rings is 2. The molecule has 0 atom stereocenters. The first-order chi connectivity index (χ1) is 11.6. The Bertz CT molecular complexity index is 1040. The van der Waals surface area contributed by atoms with E-state index in [9.17, 15) is 14.4 Å². The third kappa shape index (κ3) is 1.91. The molecule has 3 aromatic rings. The van der Waals surface area contributed by atoms with Gasteiger partial charge in [0, 0.05) is 0 Å². The molecule has 7 nitrogen and oxygen atoms in total. The Morgan fingerprint density at radius 3 is 2.12 bits per heavy atom. The Balaban J connectivity index is 1.79. The molecule has 0 radical (unpaired) electrons. The van der Waals surface area contributed by atoms with Crippen LogP contribution in [0, 0.1) is 0 Å². The van der Waals surface area contributed by atoms with Crippen LogP contribution in [0.3, 0.4) is 0 Å². The molecule has 0 fully saturated rings. The van der Waals surface area contributed by atoms with Gasteiger partial charge in [-0.05, 0) is 24.3 Å². The van der Waals surface area contributed by atoms with Gasteiger partial charge < -0.3 is 5.84 Å². The smallest absolute Gasteiger partial charge is 0.279 e. The van der Waals surface area contributed by atoms with Crippen LogP contribution < -0.4 is 11.4 Å². The number of aromatic nitrogens is 2. The van der Waals surface area contributed by atoms with E-state index in [0.717, 1.165) is 9.58 Å². The van der Waals surface area contributed by atoms with E-state index < -0.39 is 17.4 Å². The predicted molar refractivity (Wildman–Crippen MR) is 86.8 cm³/mol. The molecule has 4 rings (SSSR count). The molecule has 2 N–H and O–H groups in total. The third-order valence-corrected chi connectivity index (χ3v) is 4.06. The molecule has 0 saturated carbocycles. The van der Waals surface area contributed by atoms with Crippen molar-refractivity contribution < 1.29 is 9.59 Å². The third-order valence-electron chi connectivity index (χ3n) is 4.06. The first-order valence-electron chi connectivity index (χ1n) is 7.29. The molecular weight excluding hydrogens is 308 g/mol. The van der Waals surface area contributed by atoms with E-state index in [0.29, 0.717) is 22.0 Å². The van der Waals surface area contributed by atoms with Crippen LogP contribution >= 0.6 is 0 Å². The van der Waals surface area contributed by atoms with Crippen LogP contribution in [-0.4, -0.2) is 26.4 Å².